The lowest BCUT2D eigenvalue weighted by atomic mass is 10.2. The first kappa shape index (κ1) is 16.3. The van der Waals surface area contributed by atoms with Gasteiger partial charge in [0.15, 0.2) is 11.7 Å². The van der Waals surface area contributed by atoms with Crippen molar-refractivity contribution in [3.8, 4) is 5.75 Å². The molecular weight excluding hydrogens is 330 g/mol. The van der Waals surface area contributed by atoms with Gasteiger partial charge in [0.05, 0.1) is 19.3 Å². The molecule has 1 N–H and O–H groups in total. The van der Waals surface area contributed by atoms with Crippen LogP contribution in [0.2, 0.25) is 0 Å². The maximum atomic E-state index is 12.0. The van der Waals surface area contributed by atoms with Crippen molar-refractivity contribution in [3.63, 3.8) is 0 Å². The second-order valence-corrected chi connectivity index (χ2v) is 6.26. The first-order chi connectivity index (χ1) is 11.7. The number of carbonyl (C=O) groups excluding carboxylic acids is 2. The SMILES string of the molecule is COC(=O)N1CCc2nc(NC(=O)COc3ccccc3)sc2C1. The number of anilines is 1. The Balaban J connectivity index is 1.56. The van der Waals surface area contributed by atoms with E-state index in [1.165, 1.54) is 18.4 Å². The third kappa shape index (κ3) is 3.83. The molecule has 0 spiro atoms. The van der Waals surface area contributed by atoms with E-state index in [2.05, 4.69) is 10.3 Å². The molecule has 0 unspecified atom stereocenters. The van der Waals surface area contributed by atoms with Crippen molar-refractivity contribution in [1.29, 1.82) is 0 Å². The maximum absolute atomic E-state index is 12.0. The topological polar surface area (TPSA) is 80.8 Å². The number of benzene rings is 1. The molecule has 0 radical (unpaired) electrons. The standard InChI is InChI=1S/C16H17N3O4S/c1-22-16(21)19-8-7-12-13(9-19)24-15(17-12)18-14(20)10-23-11-5-3-2-4-6-11/h2-6H,7-10H2,1H3,(H,17,18,20). The molecule has 1 aliphatic heterocycles. The molecule has 24 heavy (non-hydrogen) atoms. The maximum Gasteiger partial charge on any atom is 0.409 e. The molecule has 0 fully saturated rings. The Hall–Kier alpha value is -2.61. The quantitative estimate of drug-likeness (QED) is 0.918. The summed E-state index contributed by atoms with van der Waals surface area (Å²) in [6.45, 7) is 0.937. The van der Waals surface area contributed by atoms with Gasteiger partial charge in [-0.3, -0.25) is 10.1 Å². The van der Waals surface area contributed by atoms with E-state index in [0.717, 1.165) is 10.6 Å². The minimum absolute atomic E-state index is 0.0808. The molecule has 2 heterocycles. The Morgan fingerprint density at radius 3 is 2.88 bits per heavy atom. The van der Waals surface area contributed by atoms with Crippen LogP contribution in [0.25, 0.3) is 0 Å². The van der Waals surface area contributed by atoms with E-state index in [1.54, 1.807) is 17.0 Å². The van der Waals surface area contributed by atoms with Crippen LogP contribution in [0.5, 0.6) is 5.75 Å². The molecule has 3 rings (SSSR count). The number of nitrogens with one attached hydrogen (secondary N) is 1. The van der Waals surface area contributed by atoms with E-state index in [9.17, 15) is 9.59 Å². The first-order valence-electron chi connectivity index (χ1n) is 7.45. The molecule has 0 saturated heterocycles. The molecule has 1 aromatic heterocycles. The number of hydrogen-bond acceptors (Lipinski definition) is 6. The summed E-state index contributed by atoms with van der Waals surface area (Å²) in [5.41, 5.74) is 0.916. The minimum atomic E-state index is -0.351. The van der Waals surface area contributed by atoms with Gasteiger partial charge in [0.25, 0.3) is 5.91 Å². The Morgan fingerprint density at radius 2 is 2.12 bits per heavy atom. The van der Waals surface area contributed by atoms with Gasteiger partial charge in [-0.1, -0.05) is 29.5 Å². The summed E-state index contributed by atoms with van der Waals surface area (Å²) < 4.78 is 10.1. The molecule has 0 saturated carbocycles. The van der Waals surface area contributed by atoms with Crippen LogP contribution in [0, 0.1) is 0 Å². The lowest BCUT2D eigenvalue weighted by Crippen LogP contribution is -2.35. The summed E-state index contributed by atoms with van der Waals surface area (Å²) in [6, 6.07) is 9.14. The van der Waals surface area contributed by atoms with Crippen molar-refractivity contribution >= 4 is 28.5 Å². The molecular formula is C16H17N3O4S. The molecule has 0 aliphatic carbocycles. The van der Waals surface area contributed by atoms with Crippen LogP contribution in [0.15, 0.2) is 30.3 Å². The van der Waals surface area contributed by atoms with E-state index < -0.39 is 0 Å². The van der Waals surface area contributed by atoms with E-state index in [0.29, 0.717) is 30.4 Å². The summed E-state index contributed by atoms with van der Waals surface area (Å²) in [6.07, 6.45) is 0.299. The summed E-state index contributed by atoms with van der Waals surface area (Å²) in [5.74, 6) is 0.370. The number of methoxy groups -OCH3 is 1. The fraction of sp³-hybridized carbons (Fsp3) is 0.312. The van der Waals surface area contributed by atoms with Crippen molar-refractivity contribution in [2.45, 2.75) is 13.0 Å². The molecule has 2 aromatic rings. The highest BCUT2D eigenvalue weighted by atomic mass is 32.1. The molecule has 1 aromatic carbocycles. The highest BCUT2D eigenvalue weighted by Gasteiger charge is 2.24. The van der Waals surface area contributed by atoms with Gasteiger partial charge in [-0.15, -0.1) is 0 Å². The molecule has 7 nitrogen and oxygen atoms in total. The van der Waals surface area contributed by atoms with E-state index in [4.69, 9.17) is 9.47 Å². The number of rotatable bonds is 4. The smallest absolute Gasteiger partial charge is 0.409 e. The third-order valence-electron chi connectivity index (χ3n) is 3.52. The Bertz CT molecular complexity index is 732. The first-order valence-corrected chi connectivity index (χ1v) is 8.26. The van der Waals surface area contributed by atoms with Crippen molar-refractivity contribution < 1.29 is 19.1 Å². The Labute approximate surface area is 143 Å². The number of thiazole rings is 1. The number of nitrogens with zero attached hydrogens (tertiary/aromatic N) is 2. The number of amides is 2. The molecule has 1 aliphatic rings. The van der Waals surface area contributed by atoms with E-state index in [1.807, 2.05) is 18.2 Å². The summed E-state index contributed by atoms with van der Waals surface area (Å²) in [7, 11) is 1.36. The van der Waals surface area contributed by atoms with Gasteiger partial charge in [-0.05, 0) is 12.1 Å². The van der Waals surface area contributed by atoms with Gasteiger partial charge in [-0.25, -0.2) is 9.78 Å². The fourth-order valence-electron chi connectivity index (χ4n) is 2.35. The number of carbonyl (C=O) groups is 2. The highest BCUT2D eigenvalue weighted by Crippen LogP contribution is 2.28. The van der Waals surface area contributed by atoms with Crippen LogP contribution in [-0.4, -0.2) is 42.1 Å². The number of para-hydroxylation sites is 1. The third-order valence-corrected chi connectivity index (χ3v) is 4.52. The second kappa shape index (κ2) is 7.31. The summed E-state index contributed by atoms with van der Waals surface area (Å²) in [4.78, 5) is 30.5. The van der Waals surface area contributed by atoms with Gasteiger partial charge >= 0.3 is 6.09 Å². The average Bonchev–Trinajstić information content (AvgIpc) is 3.01. The van der Waals surface area contributed by atoms with Crippen molar-refractivity contribution in [1.82, 2.24) is 9.88 Å². The second-order valence-electron chi connectivity index (χ2n) is 5.18. The number of aromatic nitrogens is 1. The number of fused-ring (bicyclic) bond motifs is 1. The van der Waals surface area contributed by atoms with Crippen LogP contribution in [0.4, 0.5) is 9.93 Å². The predicted molar refractivity (Wildman–Crippen MR) is 89.2 cm³/mol. The van der Waals surface area contributed by atoms with Gasteiger partial charge in [0.1, 0.15) is 5.75 Å². The van der Waals surface area contributed by atoms with Crippen LogP contribution in [0.3, 0.4) is 0 Å². The Morgan fingerprint density at radius 1 is 1.33 bits per heavy atom. The molecule has 126 valence electrons. The zero-order valence-electron chi connectivity index (χ0n) is 13.2. The normalized spacial score (nSPS) is 13.1. The fourth-order valence-corrected chi connectivity index (χ4v) is 3.39. The number of hydrogen-bond donors (Lipinski definition) is 1. The van der Waals surface area contributed by atoms with Crippen molar-refractivity contribution in [2.75, 3.05) is 25.6 Å². The average molecular weight is 347 g/mol. The van der Waals surface area contributed by atoms with Gasteiger partial charge in [-0.2, -0.15) is 0 Å². The summed E-state index contributed by atoms with van der Waals surface area (Å²) in [5, 5.41) is 3.26. The minimum Gasteiger partial charge on any atom is -0.484 e. The number of ether oxygens (including phenoxy) is 2. The summed E-state index contributed by atoms with van der Waals surface area (Å²) >= 11 is 1.37. The van der Waals surface area contributed by atoms with E-state index in [-0.39, 0.29) is 18.6 Å². The molecule has 8 heteroatoms. The van der Waals surface area contributed by atoms with Gasteiger partial charge < -0.3 is 14.4 Å². The lowest BCUT2D eigenvalue weighted by molar-refractivity contribution is -0.118. The van der Waals surface area contributed by atoms with Gasteiger partial charge in [0, 0.05) is 17.8 Å². The largest absolute Gasteiger partial charge is 0.484 e. The monoisotopic (exact) mass is 347 g/mol. The predicted octanol–water partition coefficient (Wildman–Crippen LogP) is 2.29. The van der Waals surface area contributed by atoms with Crippen molar-refractivity contribution in [2.24, 2.45) is 0 Å². The zero-order valence-corrected chi connectivity index (χ0v) is 14.0. The van der Waals surface area contributed by atoms with Crippen LogP contribution >= 0.6 is 11.3 Å². The van der Waals surface area contributed by atoms with Crippen molar-refractivity contribution in [3.05, 3.63) is 40.9 Å². The van der Waals surface area contributed by atoms with Crippen LogP contribution in [0.1, 0.15) is 10.6 Å². The van der Waals surface area contributed by atoms with Gasteiger partial charge in [0.2, 0.25) is 0 Å². The zero-order chi connectivity index (χ0) is 16.9. The molecule has 0 bridgehead atoms. The molecule has 2 amide bonds. The van der Waals surface area contributed by atoms with Crippen LogP contribution < -0.4 is 10.1 Å². The lowest BCUT2D eigenvalue weighted by Gasteiger charge is -2.24. The van der Waals surface area contributed by atoms with Crippen LogP contribution in [-0.2, 0) is 22.5 Å². The highest BCUT2D eigenvalue weighted by molar-refractivity contribution is 7.15. The van der Waals surface area contributed by atoms with E-state index >= 15 is 0 Å². The Kier molecular flexibility index (Phi) is 4.95. The molecule has 0 atom stereocenters.